The van der Waals surface area contributed by atoms with Gasteiger partial charge < -0.3 is 4.57 Å². The van der Waals surface area contributed by atoms with Crippen LogP contribution in [-0.2, 0) is 0 Å². The summed E-state index contributed by atoms with van der Waals surface area (Å²) >= 11 is 0. The molecule has 1 heterocycles. The Morgan fingerprint density at radius 1 is 1.71 bits per heavy atom. The highest BCUT2D eigenvalue weighted by Crippen LogP contribution is 1.77. The van der Waals surface area contributed by atoms with E-state index in [1.807, 2.05) is 6.20 Å². The molecular weight excluding hydrogens is 107 g/mol. The summed E-state index contributed by atoms with van der Waals surface area (Å²) in [5.41, 5.74) is 0. The van der Waals surface area contributed by atoms with Crippen molar-refractivity contribution in [1.29, 1.82) is 0 Å². The number of nitrogens with zero attached hydrogens (tertiary/aromatic N) is 2. The molecule has 0 aliphatic heterocycles. The molecule has 0 spiro atoms. The Balaban J connectivity index is 2.96. The molecule has 0 N–H and O–H groups in total. The highest BCUT2D eigenvalue weighted by Gasteiger charge is 1.73. The number of aromatic nitrogens is 2. The van der Waals surface area contributed by atoms with Crippen LogP contribution in [0.4, 0.5) is 0 Å². The fraction of sp³-hybridized carbons (Fsp3) is 0. The summed E-state index contributed by atoms with van der Waals surface area (Å²) in [7, 11) is 3.18. The molecule has 0 fully saturated rings. The molecule has 0 amide bonds. The van der Waals surface area contributed by atoms with E-state index in [4.69, 9.17) is 0 Å². The van der Waals surface area contributed by atoms with E-state index in [0.717, 1.165) is 0 Å². The molecule has 0 unspecified atom stereocenters. The van der Waals surface area contributed by atoms with E-state index in [9.17, 15) is 0 Å². The van der Waals surface area contributed by atoms with Crippen LogP contribution >= 0.6 is 8.86 Å². The number of rotatable bonds is 1. The van der Waals surface area contributed by atoms with Gasteiger partial charge in [0.1, 0.15) is 0 Å². The lowest BCUT2D eigenvalue weighted by Gasteiger charge is -1.80. The first-order valence-corrected chi connectivity index (χ1v) is 2.49. The molecule has 0 aliphatic rings. The fourth-order valence-electron chi connectivity index (χ4n) is 0.346. The molecule has 36 valence electrons. The van der Waals surface area contributed by atoms with Gasteiger partial charge in [0.15, 0.2) is 0 Å². The van der Waals surface area contributed by atoms with Gasteiger partial charge in [0.2, 0.25) is 0 Å². The maximum absolute atomic E-state index is 3.79. The zero-order valence-corrected chi connectivity index (χ0v) is 4.70. The topological polar surface area (TPSA) is 17.8 Å². The number of hydrogen-bond acceptors (Lipinski definition) is 1. The lowest BCUT2D eigenvalue weighted by Crippen LogP contribution is -1.83. The van der Waals surface area contributed by atoms with Crippen molar-refractivity contribution in [3.8, 4) is 0 Å². The minimum atomic E-state index is 1.70. The third-order valence-corrected chi connectivity index (χ3v) is 0.972. The quantitative estimate of drug-likeness (QED) is 0.487. The second-order valence-corrected chi connectivity index (χ2v) is 1.40. The number of hydrogen-bond donors (Lipinski definition) is 0. The second-order valence-electron chi connectivity index (χ2n) is 1.14. The van der Waals surface area contributed by atoms with Crippen LogP contribution in [0.3, 0.4) is 0 Å². The minimum absolute atomic E-state index is 1.70. The van der Waals surface area contributed by atoms with Crippen molar-refractivity contribution >= 4 is 14.8 Å². The van der Waals surface area contributed by atoms with Crippen LogP contribution in [0.1, 0.15) is 0 Å². The van der Waals surface area contributed by atoms with Gasteiger partial charge in [-0.05, 0) is 0 Å². The summed E-state index contributed by atoms with van der Waals surface area (Å²) in [6.07, 6.45) is 5.26. The van der Waals surface area contributed by atoms with E-state index in [1.165, 1.54) is 0 Å². The molecule has 7 heavy (non-hydrogen) atoms. The Morgan fingerprint density at radius 3 is 2.86 bits per heavy atom. The van der Waals surface area contributed by atoms with Gasteiger partial charge in [-0.15, -0.1) is 8.86 Å². The van der Waals surface area contributed by atoms with Crippen LogP contribution in [0.2, 0.25) is 0 Å². The van der Waals surface area contributed by atoms with E-state index in [0.29, 0.717) is 0 Å². The molecular formula is C4H5N2P. The van der Waals surface area contributed by atoms with Crippen molar-refractivity contribution in [1.82, 2.24) is 9.55 Å². The minimum Gasteiger partial charge on any atom is -0.309 e. The van der Waals surface area contributed by atoms with E-state index >= 15 is 0 Å². The van der Waals surface area contributed by atoms with Gasteiger partial charge in [0.05, 0.1) is 6.33 Å². The fourth-order valence-corrected chi connectivity index (χ4v) is 0.499. The summed E-state index contributed by atoms with van der Waals surface area (Å²) in [5, 5.41) is 0. The summed E-state index contributed by atoms with van der Waals surface area (Å²) in [6.45, 7) is 0. The maximum Gasteiger partial charge on any atom is 0.0989 e. The van der Waals surface area contributed by atoms with Gasteiger partial charge in [-0.1, -0.05) is 0 Å². The van der Waals surface area contributed by atoms with Crippen LogP contribution < -0.4 is 0 Å². The molecule has 0 saturated heterocycles. The lowest BCUT2D eigenvalue weighted by atomic mass is 10.9. The van der Waals surface area contributed by atoms with Crippen molar-refractivity contribution in [2.75, 3.05) is 0 Å². The molecule has 2 nitrogen and oxygen atoms in total. The first-order chi connectivity index (χ1) is 3.43. The Bertz CT molecular complexity index is 145. The average Bonchev–Trinajstić information content (AvgIpc) is 2.14. The molecule has 3 heteroatoms. The zero-order valence-electron chi connectivity index (χ0n) is 3.70. The first kappa shape index (κ1) is 4.54. The molecule has 1 aromatic heterocycles. The monoisotopic (exact) mass is 112 g/mol. The summed E-state index contributed by atoms with van der Waals surface area (Å²) in [4.78, 5) is 3.79. The van der Waals surface area contributed by atoms with Gasteiger partial charge >= 0.3 is 0 Å². The van der Waals surface area contributed by atoms with Crippen molar-refractivity contribution in [2.24, 2.45) is 0 Å². The SMILES string of the molecule is P=Cn1ccnc1. The summed E-state index contributed by atoms with van der Waals surface area (Å²) < 4.78 is 1.80. The van der Waals surface area contributed by atoms with Crippen molar-refractivity contribution in [3.63, 3.8) is 0 Å². The Kier molecular flexibility index (Phi) is 1.23. The lowest BCUT2D eigenvalue weighted by molar-refractivity contribution is 1.18. The Morgan fingerprint density at radius 2 is 2.57 bits per heavy atom. The predicted molar refractivity (Wildman–Crippen MR) is 32.0 cm³/mol. The van der Waals surface area contributed by atoms with Gasteiger partial charge in [-0.3, -0.25) is 0 Å². The standard InChI is InChI=1S/C4H5N2P/c7-4-6-2-1-5-3-6/h1-4,7H. The van der Waals surface area contributed by atoms with Gasteiger partial charge in [-0.25, -0.2) is 4.98 Å². The number of imidazole rings is 1. The molecule has 0 aromatic carbocycles. The third-order valence-electron chi connectivity index (χ3n) is 0.674. The first-order valence-electron chi connectivity index (χ1n) is 1.91. The van der Waals surface area contributed by atoms with Crippen LogP contribution in [0.25, 0.3) is 0 Å². The zero-order chi connectivity index (χ0) is 5.11. The molecule has 1 rings (SSSR count). The van der Waals surface area contributed by atoms with Crippen molar-refractivity contribution in [3.05, 3.63) is 18.7 Å². The highest BCUT2D eigenvalue weighted by molar-refractivity contribution is 7.18. The smallest absolute Gasteiger partial charge is 0.0989 e. The van der Waals surface area contributed by atoms with E-state index in [2.05, 4.69) is 13.8 Å². The largest absolute Gasteiger partial charge is 0.309 e. The van der Waals surface area contributed by atoms with Crippen LogP contribution in [0.5, 0.6) is 0 Å². The normalized spacial score (nSPS) is 8.57. The van der Waals surface area contributed by atoms with E-state index < -0.39 is 0 Å². The molecule has 0 atom stereocenters. The maximum atomic E-state index is 3.79. The molecule has 0 saturated carbocycles. The van der Waals surface area contributed by atoms with Gasteiger partial charge in [0.25, 0.3) is 0 Å². The average molecular weight is 112 g/mol. The molecule has 0 aliphatic carbocycles. The van der Waals surface area contributed by atoms with Gasteiger partial charge in [-0.2, -0.15) is 0 Å². The molecule has 1 aromatic rings. The van der Waals surface area contributed by atoms with Crippen molar-refractivity contribution < 1.29 is 0 Å². The van der Waals surface area contributed by atoms with Gasteiger partial charge in [0, 0.05) is 18.3 Å². The third kappa shape index (κ3) is 0.875. The second kappa shape index (κ2) is 1.90. The highest BCUT2D eigenvalue weighted by atomic mass is 31.0. The van der Waals surface area contributed by atoms with Crippen molar-refractivity contribution in [2.45, 2.75) is 0 Å². The van der Waals surface area contributed by atoms with Crippen LogP contribution in [-0.4, -0.2) is 15.5 Å². The molecule has 0 bridgehead atoms. The summed E-state index contributed by atoms with van der Waals surface area (Å²) in [6, 6.07) is 0. The summed E-state index contributed by atoms with van der Waals surface area (Å²) in [5.74, 6) is 1.74. The van der Waals surface area contributed by atoms with Crippen LogP contribution in [0, 0.1) is 0 Å². The van der Waals surface area contributed by atoms with E-state index in [1.54, 1.807) is 23.0 Å². The van der Waals surface area contributed by atoms with E-state index in [-0.39, 0.29) is 0 Å². The molecule has 0 radical (unpaired) electrons. The predicted octanol–water partition coefficient (Wildman–Crippen LogP) is 0.634. The van der Waals surface area contributed by atoms with Crippen LogP contribution in [0.15, 0.2) is 18.7 Å². The Hall–Kier alpha value is -0.620. The Labute approximate surface area is 44.0 Å².